The summed E-state index contributed by atoms with van der Waals surface area (Å²) in [4.78, 5) is 34.1. The molecule has 0 bridgehead atoms. The Morgan fingerprint density at radius 1 is 1.40 bits per heavy atom. The summed E-state index contributed by atoms with van der Waals surface area (Å²) in [5.41, 5.74) is 0. The first kappa shape index (κ1) is 11.2. The molecule has 0 fully saturated rings. The second-order valence-corrected chi connectivity index (χ2v) is 3.01. The van der Waals surface area contributed by atoms with Gasteiger partial charge < -0.3 is 5.32 Å². The minimum absolute atomic E-state index is 0.257. The van der Waals surface area contributed by atoms with E-state index in [0.29, 0.717) is 19.5 Å². The lowest BCUT2D eigenvalue weighted by Gasteiger charge is -2.13. The standard InChI is InChI=1S/C10H12N2O3/c1-2-8(13)11-6-3-7-12-9(14)4-5-10(12)15/h2,4-5H,1,3,6-7H2,(H,11,13). The molecule has 0 atom stereocenters. The zero-order valence-corrected chi connectivity index (χ0v) is 8.23. The van der Waals surface area contributed by atoms with E-state index in [4.69, 9.17) is 0 Å². The van der Waals surface area contributed by atoms with Gasteiger partial charge in [0.05, 0.1) is 0 Å². The molecule has 80 valence electrons. The van der Waals surface area contributed by atoms with Crippen LogP contribution in [0.3, 0.4) is 0 Å². The molecule has 1 N–H and O–H groups in total. The first-order chi connectivity index (χ1) is 7.15. The maximum atomic E-state index is 11.1. The molecular formula is C10H12N2O3. The van der Waals surface area contributed by atoms with Gasteiger partial charge in [-0.2, -0.15) is 0 Å². The largest absolute Gasteiger partial charge is 0.353 e. The van der Waals surface area contributed by atoms with Crippen molar-refractivity contribution >= 4 is 17.7 Å². The van der Waals surface area contributed by atoms with Crippen LogP contribution in [-0.2, 0) is 14.4 Å². The van der Waals surface area contributed by atoms with Crippen molar-refractivity contribution in [3.8, 4) is 0 Å². The minimum atomic E-state index is -0.296. The molecule has 0 saturated carbocycles. The van der Waals surface area contributed by atoms with Gasteiger partial charge in [0.25, 0.3) is 11.8 Å². The van der Waals surface area contributed by atoms with Crippen molar-refractivity contribution in [2.75, 3.05) is 13.1 Å². The summed E-state index contributed by atoms with van der Waals surface area (Å²) in [6.07, 6.45) is 4.20. The van der Waals surface area contributed by atoms with Gasteiger partial charge in [-0.05, 0) is 12.5 Å². The van der Waals surface area contributed by atoms with Gasteiger partial charge in [-0.1, -0.05) is 6.58 Å². The van der Waals surface area contributed by atoms with E-state index in [-0.39, 0.29) is 17.7 Å². The number of nitrogens with one attached hydrogen (secondary N) is 1. The number of carbonyl (C=O) groups excluding carboxylic acids is 3. The first-order valence-electron chi connectivity index (χ1n) is 4.59. The van der Waals surface area contributed by atoms with E-state index in [1.54, 1.807) is 0 Å². The second kappa shape index (κ2) is 5.09. The molecule has 15 heavy (non-hydrogen) atoms. The molecule has 0 aromatic carbocycles. The Bertz CT molecular complexity index is 316. The smallest absolute Gasteiger partial charge is 0.253 e. The van der Waals surface area contributed by atoms with Crippen LogP contribution in [0.4, 0.5) is 0 Å². The number of hydrogen-bond donors (Lipinski definition) is 1. The molecule has 5 heteroatoms. The molecule has 1 aliphatic heterocycles. The van der Waals surface area contributed by atoms with Crippen molar-refractivity contribution < 1.29 is 14.4 Å². The van der Waals surface area contributed by atoms with E-state index in [9.17, 15) is 14.4 Å². The highest BCUT2D eigenvalue weighted by molar-refractivity contribution is 6.12. The number of rotatable bonds is 5. The van der Waals surface area contributed by atoms with Crippen molar-refractivity contribution in [1.29, 1.82) is 0 Å². The summed E-state index contributed by atoms with van der Waals surface area (Å²) >= 11 is 0. The van der Waals surface area contributed by atoms with Crippen LogP contribution in [0.5, 0.6) is 0 Å². The van der Waals surface area contributed by atoms with Crippen LogP contribution in [-0.4, -0.2) is 35.7 Å². The van der Waals surface area contributed by atoms with Gasteiger partial charge in [-0.3, -0.25) is 19.3 Å². The lowest BCUT2D eigenvalue weighted by Crippen LogP contribution is -2.33. The normalized spacial score (nSPS) is 14.5. The van der Waals surface area contributed by atoms with Crippen LogP contribution in [0.25, 0.3) is 0 Å². The molecular weight excluding hydrogens is 196 g/mol. The summed E-state index contributed by atoms with van der Waals surface area (Å²) in [5.74, 6) is -0.850. The summed E-state index contributed by atoms with van der Waals surface area (Å²) in [5, 5.41) is 2.56. The van der Waals surface area contributed by atoms with Crippen molar-refractivity contribution in [3.63, 3.8) is 0 Å². The Morgan fingerprint density at radius 3 is 2.53 bits per heavy atom. The van der Waals surface area contributed by atoms with Gasteiger partial charge in [-0.25, -0.2) is 0 Å². The molecule has 0 spiro atoms. The van der Waals surface area contributed by atoms with E-state index in [2.05, 4.69) is 11.9 Å². The molecule has 0 unspecified atom stereocenters. The van der Waals surface area contributed by atoms with Gasteiger partial charge in [0.1, 0.15) is 0 Å². The highest BCUT2D eigenvalue weighted by Gasteiger charge is 2.22. The van der Waals surface area contributed by atoms with Gasteiger partial charge in [0.15, 0.2) is 0 Å². The fraction of sp³-hybridized carbons (Fsp3) is 0.300. The Balaban J connectivity index is 2.21. The van der Waals surface area contributed by atoms with E-state index in [0.717, 1.165) is 4.90 Å². The Morgan fingerprint density at radius 2 is 2.00 bits per heavy atom. The lowest BCUT2D eigenvalue weighted by molar-refractivity contribution is -0.136. The molecule has 0 radical (unpaired) electrons. The Hall–Kier alpha value is -1.91. The van der Waals surface area contributed by atoms with E-state index in [1.807, 2.05) is 0 Å². The summed E-state index contributed by atoms with van der Waals surface area (Å²) in [7, 11) is 0. The number of amides is 3. The fourth-order valence-corrected chi connectivity index (χ4v) is 1.17. The van der Waals surface area contributed by atoms with Crippen LogP contribution in [0, 0.1) is 0 Å². The van der Waals surface area contributed by atoms with Crippen LogP contribution in [0.2, 0.25) is 0 Å². The third-order valence-corrected chi connectivity index (χ3v) is 1.94. The number of nitrogens with zero attached hydrogens (tertiary/aromatic N) is 1. The summed E-state index contributed by atoms with van der Waals surface area (Å²) in [6, 6.07) is 0. The molecule has 0 aromatic heterocycles. The monoisotopic (exact) mass is 208 g/mol. The third-order valence-electron chi connectivity index (χ3n) is 1.94. The lowest BCUT2D eigenvalue weighted by atomic mass is 10.3. The molecule has 1 aliphatic rings. The zero-order chi connectivity index (χ0) is 11.3. The maximum absolute atomic E-state index is 11.1. The average Bonchev–Trinajstić information content (AvgIpc) is 2.54. The van der Waals surface area contributed by atoms with Crippen molar-refractivity contribution in [2.24, 2.45) is 0 Å². The van der Waals surface area contributed by atoms with Gasteiger partial charge in [0, 0.05) is 25.2 Å². The number of hydrogen-bond acceptors (Lipinski definition) is 3. The highest BCUT2D eigenvalue weighted by Crippen LogP contribution is 2.03. The van der Waals surface area contributed by atoms with Gasteiger partial charge in [-0.15, -0.1) is 0 Å². The predicted octanol–water partition coefficient (Wildman–Crippen LogP) is -0.396. The highest BCUT2D eigenvalue weighted by atomic mass is 16.2. The van der Waals surface area contributed by atoms with Crippen molar-refractivity contribution in [3.05, 3.63) is 24.8 Å². The molecule has 5 nitrogen and oxygen atoms in total. The molecule has 0 aromatic rings. The SMILES string of the molecule is C=CC(=O)NCCCN1C(=O)C=CC1=O. The average molecular weight is 208 g/mol. The molecule has 0 saturated heterocycles. The predicted molar refractivity (Wildman–Crippen MR) is 53.7 cm³/mol. The van der Waals surface area contributed by atoms with Gasteiger partial charge in [0.2, 0.25) is 5.91 Å². The molecule has 1 heterocycles. The van der Waals surface area contributed by atoms with Crippen LogP contribution >= 0.6 is 0 Å². The quantitative estimate of drug-likeness (QED) is 0.380. The zero-order valence-electron chi connectivity index (χ0n) is 8.23. The van der Waals surface area contributed by atoms with Gasteiger partial charge >= 0.3 is 0 Å². The van der Waals surface area contributed by atoms with Crippen LogP contribution in [0.1, 0.15) is 6.42 Å². The van der Waals surface area contributed by atoms with Crippen LogP contribution in [0.15, 0.2) is 24.8 Å². The van der Waals surface area contributed by atoms with Crippen LogP contribution < -0.4 is 5.32 Å². The Labute approximate surface area is 87.4 Å². The van der Waals surface area contributed by atoms with Crippen molar-refractivity contribution in [2.45, 2.75) is 6.42 Å². The number of imide groups is 1. The van der Waals surface area contributed by atoms with E-state index in [1.165, 1.54) is 18.2 Å². The maximum Gasteiger partial charge on any atom is 0.253 e. The van der Waals surface area contributed by atoms with Crippen molar-refractivity contribution in [1.82, 2.24) is 10.2 Å². The minimum Gasteiger partial charge on any atom is -0.353 e. The van der Waals surface area contributed by atoms with E-state index < -0.39 is 0 Å². The number of carbonyl (C=O) groups is 3. The van der Waals surface area contributed by atoms with E-state index >= 15 is 0 Å². The fourth-order valence-electron chi connectivity index (χ4n) is 1.17. The topological polar surface area (TPSA) is 66.5 Å². The molecule has 3 amide bonds. The Kier molecular flexibility index (Phi) is 3.79. The first-order valence-corrected chi connectivity index (χ1v) is 4.59. The summed E-state index contributed by atoms with van der Waals surface area (Å²) < 4.78 is 0. The summed E-state index contributed by atoms with van der Waals surface area (Å²) in [6.45, 7) is 4.04. The second-order valence-electron chi connectivity index (χ2n) is 3.01. The molecule has 0 aliphatic carbocycles. The third kappa shape index (κ3) is 3.05. The molecule has 1 rings (SSSR count).